The highest BCUT2D eigenvalue weighted by Crippen LogP contribution is 2.73. The number of aromatic nitrogens is 3. The third kappa shape index (κ3) is 1.79. The van der Waals surface area contributed by atoms with Gasteiger partial charge in [0, 0.05) is 24.5 Å². The van der Waals surface area contributed by atoms with Crippen molar-refractivity contribution in [3.8, 4) is 0 Å². The molecule has 2 heterocycles. The number of hydrogen-bond donors (Lipinski definition) is 2. The van der Waals surface area contributed by atoms with Crippen molar-refractivity contribution in [2.24, 2.45) is 16.6 Å². The van der Waals surface area contributed by atoms with Crippen molar-refractivity contribution in [3.63, 3.8) is 0 Å². The molecule has 1 saturated heterocycles. The predicted octanol–water partition coefficient (Wildman–Crippen LogP) is 2.27. The fourth-order valence-electron chi connectivity index (χ4n) is 3.86. The average molecular weight is 277 g/mol. The summed E-state index contributed by atoms with van der Waals surface area (Å²) in [5.41, 5.74) is 6.73. The molecule has 2 aliphatic rings. The Morgan fingerprint density at radius 2 is 1.90 bits per heavy atom. The van der Waals surface area contributed by atoms with E-state index in [4.69, 9.17) is 10.7 Å². The standard InChI is InChI=1S/C15H27N5/c1-9-10(16)7-6-8-20(9)13-17-12(18-19-13)11-14(2,3)15(11,4)5/h9-11H,6-8,16H2,1-5H3,(H,17,18,19). The highest BCUT2D eigenvalue weighted by Gasteiger charge is 2.66. The molecular weight excluding hydrogens is 250 g/mol. The molecule has 1 saturated carbocycles. The molecule has 20 heavy (non-hydrogen) atoms. The molecule has 0 aromatic carbocycles. The second kappa shape index (κ2) is 4.20. The highest BCUT2D eigenvalue weighted by molar-refractivity contribution is 5.36. The zero-order valence-electron chi connectivity index (χ0n) is 13.3. The molecule has 112 valence electrons. The minimum Gasteiger partial charge on any atom is -0.335 e. The molecule has 1 aromatic rings. The van der Waals surface area contributed by atoms with Gasteiger partial charge in [0.2, 0.25) is 5.95 Å². The summed E-state index contributed by atoms with van der Waals surface area (Å²) in [4.78, 5) is 7.02. The van der Waals surface area contributed by atoms with Crippen molar-refractivity contribution in [2.75, 3.05) is 11.4 Å². The van der Waals surface area contributed by atoms with Crippen molar-refractivity contribution < 1.29 is 0 Å². The third-order valence-electron chi connectivity index (χ3n) is 6.09. The number of hydrogen-bond acceptors (Lipinski definition) is 4. The lowest BCUT2D eigenvalue weighted by Crippen LogP contribution is -2.51. The summed E-state index contributed by atoms with van der Waals surface area (Å²) in [7, 11) is 0. The highest BCUT2D eigenvalue weighted by atomic mass is 15.4. The van der Waals surface area contributed by atoms with Crippen LogP contribution >= 0.6 is 0 Å². The topological polar surface area (TPSA) is 70.8 Å². The summed E-state index contributed by atoms with van der Waals surface area (Å²) < 4.78 is 0. The van der Waals surface area contributed by atoms with Gasteiger partial charge in [0.25, 0.3) is 0 Å². The Morgan fingerprint density at radius 1 is 1.25 bits per heavy atom. The average Bonchev–Trinajstić information content (AvgIpc) is 2.70. The van der Waals surface area contributed by atoms with E-state index in [1.165, 1.54) is 0 Å². The number of nitrogens with two attached hydrogens (primary N) is 1. The van der Waals surface area contributed by atoms with Gasteiger partial charge in [-0.25, -0.2) is 0 Å². The van der Waals surface area contributed by atoms with Gasteiger partial charge >= 0.3 is 0 Å². The Labute approximate surface area is 121 Å². The molecule has 0 amide bonds. The number of H-pyrrole nitrogens is 1. The van der Waals surface area contributed by atoms with Gasteiger partial charge in [0.15, 0.2) is 0 Å². The van der Waals surface area contributed by atoms with Crippen LogP contribution in [0.15, 0.2) is 0 Å². The van der Waals surface area contributed by atoms with Gasteiger partial charge in [-0.1, -0.05) is 27.7 Å². The van der Waals surface area contributed by atoms with E-state index in [0.717, 1.165) is 31.2 Å². The van der Waals surface area contributed by atoms with Crippen LogP contribution < -0.4 is 10.6 Å². The Bertz CT molecular complexity index is 490. The molecule has 0 bridgehead atoms. The van der Waals surface area contributed by atoms with Crippen LogP contribution in [-0.2, 0) is 0 Å². The second-order valence-electron chi connectivity index (χ2n) is 7.64. The molecule has 3 N–H and O–H groups in total. The minimum atomic E-state index is 0.222. The summed E-state index contributed by atoms with van der Waals surface area (Å²) in [6.45, 7) is 12.4. The Balaban J connectivity index is 1.81. The second-order valence-corrected chi connectivity index (χ2v) is 7.64. The Hall–Kier alpha value is -1.10. The number of aromatic amines is 1. The lowest BCUT2D eigenvalue weighted by Gasteiger charge is -2.36. The fourth-order valence-corrected chi connectivity index (χ4v) is 3.86. The maximum atomic E-state index is 6.16. The molecule has 1 aliphatic carbocycles. The first-order valence-corrected chi connectivity index (χ1v) is 7.71. The summed E-state index contributed by atoms with van der Waals surface area (Å²) in [6.07, 6.45) is 2.22. The van der Waals surface area contributed by atoms with Crippen molar-refractivity contribution in [2.45, 2.75) is 65.5 Å². The molecule has 2 unspecified atom stereocenters. The smallest absolute Gasteiger partial charge is 0.245 e. The third-order valence-corrected chi connectivity index (χ3v) is 6.09. The molecule has 0 spiro atoms. The van der Waals surface area contributed by atoms with Crippen LogP contribution in [0.3, 0.4) is 0 Å². The van der Waals surface area contributed by atoms with Crippen LogP contribution in [-0.4, -0.2) is 33.8 Å². The molecular formula is C15H27N5. The maximum Gasteiger partial charge on any atom is 0.245 e. The maximum absolute atomic E-state index is 6.16. The molecule has 5 nitrogen and oxygen atoms in total. The van der Waals surface area contributed by atoms with Gasteiger partial charge in [-0.3, -0.25) is 5.10 Å². The first kappa shape index (κ1) is 13.9. The van der Waals surface area contributed by atoms with E-state index < -0.39 is 0 Å². The van der Waals surface area contributed by atoms with Gasteiger partial charge in [0.1, 0.15) is 5.82 Å². The van der Waals surface area contributed by atoms with Gasteiger partial charge in [-0.05, 0) is 30.6 Å². The number of nitrogens with zero attached hydrogens (tertiary/aromatic N) is 3. The predicted molar refractivity (Wildman–Crippen MR) is 80.7 cm³/mol. The number of anilines is 1. The van der Waals surface area contributed by atoms with Crippen LogP contribution in [0.2, 0.25) is 0 Å². The Kier molecular flexibility index (Phi) is 2.91. The van der Waals surface area contributed by atoms with Crippen LogP contribution in [0, 0.1) is 10.8 Å². The summed E-state index contributed by atoms with van der Waals surface area (Å²) in [5, 5.41) is 7.62. The van der Waals surface area contributed by atoms with E-state index in [0.29, 0.717) is 12.0 Å². The van der Waals surface area contributed by atoms with E-state index in [1.807, 2.05) is 0 Å². The molecule has 1 aromatic heterocycles. The summed E-state index contributed by atoms with van der Waals surface area (Å²) in [6, 6.07) is 0.534. The number of rotatable bonds is 2. The monoisotopic (exact) mass is 277 g/mol. The van der Waals surface area contributed by atoms with E-state index in [2.05, 4.69) is 49.7 Å². The van der Waals surface area contributed by atoms with Crippen molar-refractivity contribution in [3.05, 3.63) is 5.82 Å². The van der Waals surface area contributed by atoms with Crippen molar-refractivity contribution in [1.82, 2.24) is 15.2 Å². The lowest BCUT2D eigenvalue weighted by molar-refractivity contribution is 0.415. The first-order valence-electron chi connectivity index (χ1n) is 7.71. The van der Waals surface area contributed by atoms with Crippen LogP contribution in [0.4, 0.5) is 5.95 Å². The van der Waals surface area contributed by atoms with Crippen LogP contribution in [0.5, 0.6) is 0 Å². The first-order chi connectivity index (χ1) is 9.26. The van der Waals surface area contributed by atoms with Gasteiger partial charge in [-0.15, -0.1) is 5.10 Å². The fraction of sp³-hybridized carbons (Fsp3) is 0.867. The zero-order chi connectivity index (χ0) is 14.7. The molecule has 2 fully saturated rings. The molecule has 0 radical (unpaired) electrons. The largest absolute Gasteiger partial charge is 0.335 e. The van der Waals surface area contributed by atoms with Gasteiger partial charge in [0.05, 0.1) is 0 Å². The van der Waals surface area contributed by atoms with E-state index >= 15 is 0 Å². The normalized spacial score (nSPS) is 32.4. The number of nitrogens with one attached hydrogen (secondary N) is 1. The molecule has 3 rings (SSSR count). The van der Waals surface area contributed by atoms with E-state index in [-0.39, 0.29) is 16.9 Å². The van der Waals surface area contributed by atoms with Gasteiger partial charge < -0.3 is 10.6 Å². The lowest BCUT2D eigenvalue weighted by atomic mass is 9.99. The summed E-state index contributed by atoms with van der Waals surface area (Å²) in [5.74, 6) is 2.31. The minimum absolute atomic E-state index is 0.222. The SMILES string of the molecule is CC1C(N)CCCN1c1n[nH]c(C2C(C)(C)C2(C)C)n1. The van der Waals surface area contributed by atoms with Crippen LogP contribution in [0.25, 0.3) is 0 Å². The van der Waals surface area contributed by atoms with Crippen LogP contribution in [0.1, 0.15) is 59.2 Å². The van der Waals surface area contributed by atoms with E-state index in [9.17, 15) is 0 Å². The quantitative estimate of drug-likeness (QED) is 0.870. The summed E-state index contributed by atoms with van der Waals surface area (Å²) >= 11 is 0. The van der Waals surface area contributed by atoms with E-state index in [1.54, 1.807) is 0 Å². The number of piperidine rings is 1. The van der Waals surface area contributed by atoms with Crippen molar-refractivity contribution >= 4 is 5.95 Å². The molecule has 1 aliphatic heterocycles. The Morgan fingerprint density at radius 3 is 2.50 bits per heavy atom. The van der Waals surface area contributed by atoms with Gasteiger partial charge in [-0.2, -0.15) is 4.98 Å². The molecule has 5 heteroatoms. The zero-order valence-corrected chi connectivity index (χ0v) is 13.3. The molecule has 2 atom stereocenters. The van der Waals surface area contributed by atoms with Crippen molar-refractivity contribution in [1.29, 1.82) is 0 Å².